The van der Waals surface area contributed by atoms with Crippen LogP contribution in [0.25, 0.3) is 131 Å². The van der Waals surface area contributed by atoms with Crippen molar-refractivity contribution in [3.8, 4) is 33.6 Å². The Morgan fingerprint density at radius 3 is 1.00 bits per heavy atom. The van der Waals surface area contributed by atoms with Gasteiger partial charge in [0, 0.05) is 43.7 Å². The molecule has 0 saturated carbocycles. The maximum atomic E-state index is 15.7. The molecule has 2 nitrogen and oxygen atoms in total. The van der Waals surface area contributed by atoms with E-state index in [1.165, 1.54) is 32.3 Å². The van der Waals surface area contributed by atoms with Gasteiger partial charge in [0.25, 0.3) is 0 Å². The standard InChI is InChI=1S/C60H34F2N2/c61-51-33-55-59(47-17-9-7-15-45(47)51)49-25-23-35(31-53(49)63(55)43-11-3-1-4-12-43)41-27-37-19-21-39-29-42(30-40-22-20-38(28-41)57(37)58(39)40)36-24-26-50-54(32-36)64(44-13-5-2-6-14-44)56-34-52(62)46-16-8-10-18-48(46)60(50)56/h1-34H. The number of rotatable bonds is 4. The molecule has 14 aromatic rings. The molecule has 0 bridgehead atoms. The summed E-state index contributed by atoms with van der Waals surface area (Å²) in [6.45, 7) is 0. The third kappa shape index (κ3) is 4.93. The van der Waals surface area contributed by atoms with Crippen LogP contribution in [0, 0.1) is 11.6 Å². The highest BCUT2D eigenvalue weighted by Crippen LogP contribution is 2.44. The van der Waals surface area contributed by atoms with E-state index < -0.39 is 0 Å². The molecular weight excluding hydrogens is 787 g/mol. The van der Waals surface area contributed by atoms with E-state index in [9.17, 15) is 0 Å². The first-order valence-electron chi connectivity index (χ1n) is 21.7. The summed E-state index contributed by atoms with van der Waals surface area (Å²) in [7, 11) is 0. The SMILES string of the molecule is Fc1cc2c(c3ccccc13)c1ccc(-c3cc4ccc5cc(-c6ccc7c8c9ccccc9c(F)cc8n(-c8ccccc8)c7c6)cc6ccc(c3)c4c56)cc1n2-c1ccccc1. The fourth-order valence-electron chi connectivity index (χ4n) is 10.9. The van der Waals surface area contributed by atoms with Gasteiger partial charge in [-0.05, 0) is 138 Å². The Hall–Kier alpha value is -8.34. The minimum absolute atomic E-state index is 0.220. The fourth-order valence-corrected chi connectivity index (χ4v) is 10.9. The summed E-state index contributed by atoms with van der Waals surface area (Å²) < 4.78 is 35.9. The normalized spacial score (nSPS) is 12.2. The van der Waals surface area contributed by atoms with Gasteiger partial charge in [0.05, 0.1) is 22.1 Å². The third-order valence-electron chi connectivity index (χ3n) is 13.7. The van der Waals surface area contributed by atoms with Gasteiger partial charge < -0.3 is 9.13 Å². The van der Waals surface area contributed by atoms with Crippen LogP contribution in [0.5, 0.6) is 0 Å². The third-order valence-corrected chi connectivity index (χ3v) is 13.7. The first-order chi connectivity index (χ1) is 31.6. The van der Waals surface area contributed by atoms with Gasteiger partial charge in [0.1, 0.15) is 11.6 Å². The van der Waals surface area contributed by atoms with Crippen molar-refractivity contribution in [3.05, 3.63) is 218 Å². The molecule has 0 atom stereocenters. The second-order valence-corrected chi connectivity index (χ2v) is 17.1. The van der Waals surface area contributed by atoms with Gasteiger partial charge in [-0.25, -0.2) is 8.78 Å². The number of aromatic nitrogens is 2. The predicted molar refractivity (Wildman–Crippen MR) is 265 cm³/mol. The largest absolute Gasteiger partial charge is 0.309 e. The summed E-state index contributed by atoms with van der Waals surface area (Å²) in [6, 6.07) is 71.1. The number of benzene rings is 12. The maximum absolute atomic E-state index is 15.7. The van der Waals surface area contributed by atoms with E-state index in [-0.39, 0.29) is 11.6 Å². The second kappa shape index (κ2) is 13.1. The molecule has 298 valence electrons. The van der Waals surface area contributed by atoms with Crippen molar-refractivity contribution in [3.63, 3.8) is 0 Å². The summed E-state index contributed by atoms with van der Waals surface area (Å²) in [5.41, 5.74) is 10.2. The molecule has 0 aliphatic rings. The monoisotopic (exact) mass is 820 g/mol. The lowest BCUT2D eigenvalue weighted by molar-refractivity contribution is 0.640. The van der Waals surface area contributed by atoms with Crippen LogP contribution in [0.2, 0.25) is 0 Å². The van der Waals surface area contributed by atoms with Gasteiger partial charge in [-0.15, -0.1) is 0 Å². The molecule has 2 aromatic heterocycles. The summed E-state index contributed by atoms with van der Waals surface area (Å²) >= 11 is 0. The quantitative estimate of drug-likeness (QED) is 0.157. The van der Waals surface area contributed by atoms with Crippen molar-refractivity contribution >= 4 is 97.5 Å². The molecule has 0 spiro atoms. The van der Waals surface area contributed by atoms with E-state index >= 15 is 8.78 Å². The van der Waals surface area contributed by atoms with Crippen LogP contribution in [-0.2, 0) is 0 Å². The van der Waals surface area contributed by atoms with Crippen molar-refractivity contribution in [1.29, 1.82) is 0 Å². The minimum Gasteiger partial charge on any atom is -0.309 e. The lowest BCUT2D eigenvalue weighted by Crippen LogP contribution is -1.94. The number of fused-ring (bicyclic) bond motifs is 10. The Morgan fingerprint density at radius 1 is 0.250 bits per heavy atom. The molecule has 0 amide bonds. The van der Waals surface area contributed by atoms with Crippen molar-refractivity contribution in [2.24, 2.45) is 0 Å². The Morgan fingerprint density at radius 2 is 0.609 bits per heavy atom. The van der Waals surface area contributed by atoms with Crippen LogP contribution >= 0.6 is 0 Å². The van der Waals surface area contributed by atoms with E-state index in [1.807, 2.05) is 84.9 Å². The van der Waals surface area contributed by atoms with E-state index in [2.05, 4.69) is 118 Å². The molecule has 0 unspecified atom stereocenters. The van der Waals surface area contributed by atoms with Gasteiger partial charge in [0.2, 0.25) is 0 Å². The van der Waals surface area contributed by atoms with Crippen LogP contribution in [0.1, 0.15) is 0 Å². The fraction of sp³-hybridized carbons (Fsp3) is 0. The summed E-state index contributed by atoms with van der Waals surface area (Å²) in [5, 5.41) is 14.6. The Labute approximate surface area is 365 Å². The highest BCUT2D eigenvalue weighted by Gasteiger charge is 2.21. The van der Waals surface area contributed by atoms with Crippen LogP contribution in [0.3, 0.4) is 0 Å². The molecule has 0 radical (unpaired) electrons. The van der Waals surface area contributed by atoms with Crippen molar-refractivity contribution in [2.45, 2.75) is 0 Å². The molecule has 64 heavy (non-hydrogen) atoms. The molecule has 2 heterocycles. The molecule has 0 fully saturated rings. The molecule has 14 rings (SSSR count). The van der Waals surface area contributed by atoms with Crippen molar-refractivity contribution in [1.82, 2.24) is 9.13 Å². The molecule has 0 saturated heterocycles. The van der Waals surface area contributed by atoms with Crippen LogP contribution < -0.4 is 0 Å². The number of nitrogens with zero attached hydrogens (tertiary/aromatic N) is 2. The Bertz CT molecular complexity index is 3910. The molecule has 0 aliphatic heterocycles. The highest BCUT2D eigenvalue weighted by atomic mass is 19.1. The highest BCUT2D eigenvalue weighted by molar-refractivity contribution is 6.26. The average molecular weight is 821 g/mol. The number of halogens is 2. The van der Waals surface area contributed by atoms with Crippen molar-refractivity contribution < 1.29 is 8.78 Å². The topological polar surface area (TPSA) is 9.86 Å². The molecule has 12 aromatic carbocycles. The summed E-state index contributed by atoms with van der Waals surface area (Å²) in [5.74, 6) is -0.441. The first kappa shape index (κ1) is 35.3. The zero-order chi connectivity index (χ0) is 42.2. The van der Waals surface area contributed by atoms with Gasteiger partial charge >= 0.3 is 0 Å². The first-order valence-corrected chi connectivity index (χ1v) is 21.7. The maximum Gasteiger partial charge on any atom is 0.133 e. The van der Waals surface area contributed by atoms with Gasteiger partial charge in [-0.3, -0.25) is 0 Å². The summed E-state index contributed by atoms with van der Waals surface area (Å²) in [4.78, 5) is 0. The smallest absolute Gasteiger partial charge is 0.133 e. The van der Waals surface area contributed by atoms with Crippen molar-refractivity contribution in [2.75, 3.05) is 0 Å². The molecule has 4 heteroatoms. The van der Waals surface area contributed by atoms with E-state index in [0.717, 1.165) is 88.0 Å². The van der Waals surface area contributed by atoms with E-state index in [1.54, 1.807) is 12.1 Å². The summed E-state index contributed by atoms with van der Waals surface area (Å²) in [6.07, 6.45) is 0. The van der Waals surface area contributed by atoms with Crippen LogP contribution in [0.4, 0.5) is 8.78 Å². The Balaban J connectivity index is 0.930. The number of para-hydroxylation sites is 2. The lowest BCUT2D eigenvalue weighted by Gasteiger charge is -2.15. The minimum atomic E-state index is -0.220. The predicted octanol–water partition coefficient (Wildman–Crippen LogP) is 16.7. The van der Waals surface area contributed by atoms with Gasteiger partial charge in [-0.1, -0.05) is 133 Å². The zero-order valence-electron chi connectivity index (χ0n) is 34.3. The van der Waals surface area contributed by atoms with Gasteiger partial charge in [-0.2, -0.15) is 0 Å². The van der Waals surface area contributed by atoms with E-state index in [4.69, 9.17) is 0 Å². The van der Waals surface area contributed by atoms with Crippen LogP contribution in [-0.4, -0.2) is 9.13 Å². The number of hydrogen-bond acceptors (Lipinski definition) is 0. The molecule has 0 N–H and O–H groups in total. The second-order valence-electron chi connectivity index (χ2n) is 17.1. The van der Waals surface area contributed by atoms with E-state index in [0.29, 0.717) is 10.8 Å². The average Bonchev–Trinajstić information content (AvgIpc) is 3.85. The molecule has 0 aliphatic carbocycles. The Kier molecular flexibility index (Phi) is 7.21. The number of hydrogen-bond donors (Lipinski definition) is 0. The zero-order valence-corrected chi connectivity index (χ0v) is 34.3. The lowest BCUT2D eigenvalue weighted by atomic mass is 9.89. The molecular formula is C60H34F2N2. The van der Waals surface area contributed by atoms with Crippen LogP contribution in [0.15, 0.2) is 206 Å². The van der Waals surface area contributed by atoms with Gasteiger partial charge in [0.15, 0.2) is 0 Å².